The molecule has 1 fully saturated rings. The van der Waals surface area contributed by atoms with Gasteiger partial charge in [-0.3, -0.25) is 25.0 Å². The third kappa shape index (κ3) is 6.06. The average molecular weight is 856 g/mol. The molecular formula is C35H33N3O3S4W. The number of anilines is 2. The van der Waals surface area contributed by atoms with E-state index in [1.165, 1.54) is 74.0 Å². The Morgan fingerprint density at radius 3 is 2.59 bits per heavy atom. The molecule has 2 aliphatic rings. The molecule has 1 aliphatic carbocycles. The molecule has 46 heavy (non-hydrogen) atoms. The maximum absolute atomic E-state index is 13.3. The van der Waals surface area contributed by atoms with Gasteiger partial charge in [-0.1, -0.05) is 49.7 Å². The van der Waals surface area contributed by atoms with E-state index in [9.17, 15) is 14.7 Å². The molecule has 3 unspecified atom stereocenters. The second kappa shape index (κ2) is 14.0. The van der Waals surface area contributed by atoms with Crippen LogP contribution in [0.15, 0.2) is 65.5 Å². The summed E-state index contributed by atoms with van der Waals surface area (Å²) in [5.74, 6) is 0.324. The zero-order chi connectivity index (χ0) is 31.2. The molecule has 1 saturated carbocycles. The van der Waals surface area contributed by atoms with Crippen LogP contribution in [0.4, 0.5) is 11.4 Å². The molecule has 0 bridgehead atoms. The van der Waals surface area contributed by atoms with E-state index in [2.05, 4.69) is 71.7 Å². The van der Waals surface area contributed by atoms with Gasteiger partial charge in [-0.05, 0) is 71.6 Å². The number of para-hydroxylation sites is 1. The summed E-state index contributed by atoms with van der Waals surface area (Å²) in [5.41, 5.74) is 4.68. The first-order chi connectivity index (χ1) is 21.9. The molecule has 5 aromatic rings. The Morgan fingerprint density at radius 1 is 1.09 bits per heavy atom. The number of thiazole rings is 1. The second-order valence-electron chi connectivity index (χ2n) is 11.9. The monoisotopic (exact) mass is 855 g/mol. The fourth-order valence-electron chi connectivity index (χ4n) is 7.24. The minimum Gasteiger partial charge on any atom is -0.714 e. The molecule has 236 valence electrons. The van der Waals surface area contributed by atoms with Crippen LogP contribution in [0.1, 0.15) is 49.7 Å². The van der Waals surface area contributed by atoms with Crippen LogP contribution in [0.5, 0.6) is 0 Å². The molecule has 1 aliphatic heterocycles. The van der Waals surface area contributed by atoms with Crippen molar-refractivity contribution in [2.24, 2.45) is 5.92 Å². The fraction of sp³-hybridized carbons (Fsp3) is 0.314. The number of nitrogens with zero attached hydrogens (tertiary/aromatic N) is 3. The summed E-state index contributed by atoms with van der Waals surface area (Å²) in [7, 11) is 2.76. The zero-order valence-corrected chi connectivity index (χ0v) is 31.7. The van der Waals surface area contributed by atoms with Crippen LogP contribution >= 0.6 is 33.5 Å². The van der Waals surface area contributed by atoms with Crippen molar-refractivity contribution in [2.75, 3.05) is 18.5 Å². The minimum absolute atomic E-state index is 0. The number of fused-ring (bicyclic) bond motifs is 6. The molecule has 0 radical (unpaired) electrons. The van der Waals surface area contributed by atoms with Crippen LogP contribution in [0.25, 0.3) is 36.5 Å². The molecule has 0 saturated heterocycles. The van der Waals surface area contributed by atoms with E-state index >= 15 is 0 Å². The Hall–Kier alpha value is -2.33. The number of aromatic nitrogens is 1. The summed E-state index contributed by atoms with van der Waals surface area (Å²) < 4.78 is 4.73. The Labute approximate surface area is 299 Å². The summed E-state index contributed by atoms with van der Waals surface area (Å²) >= 11 is 8.26. The molecule has 3 heterocycles. The van der Waals surface area contributed by atoms with E-state index < -0.39 is 12.5 Å². The third-order valence-electron chi connectivity index (χ3n) is 9.33. The van der Waals surface area contributed by atoms with Crippen molar-refractivity contribution in [3.8, 4) is 0 Å². The van der Waals surface area contributed by atoms with Gasteiger partial charge in [-0.15, -0.1) is 29.2 Å². The van der Waals surface area contributed by atoms with E-state index in [4.69, 9.17) is 11.7 Å². The number of carbonyl (C=O) groups is 1. The minimum atomic E-state index is -1.07. The van der Waals surface area contributed by atoms with Crippen LogP contribution in [0.3, 0.4) is 0 Å². The smallest absolute Gasteiger partial charge is 0.714 e. The zero-order valence-electron chi connectivity index (χ0n) is 25.5. The summed E-state index contributed by atoms with van der Waals surface area (Å²) in [6, 6.07) is 22.7. The molecule has 0 spiro atoms. The molecular weight excluding hydrogens is 823 g/mol. The number of hydrogen-bond acceptors (Lipinski definition) is 7. The fourth-order valence-corrected chi connectivity index (χ4v) is 10.6. The Kier molecular flexibility index (Phi) is 10.2. The summed E-state index contributed by atoms with van der Waals surface area (Å²) in [5, 5.41) is 16.1. The number of rotatable bonds is 8. The van der Waals surface area contributed by atoms with E-state index in [1.807, 2.05) is 12.1 Å². The molecule has 1 N–H and O–H groups in total. The quantitative estimate of drug-likeness (QED) is 0.131. The van der Waals surface area contributed by atoms with Gasteiger partial charge in [0.25, 0.3) is 5.56 Å². The Bertz CT molecular complexity index is 2120. The van der Waals surface area contributed by atoms with Crippen molar-refractivity contribution in [2.45, 2.75) is 51.1 Å². The standard InChI is InChI=1S/C35H34N3O3S4.W/c1-3-20-9-13-28-26(14-20)23-6-4-5-7-27(23)38(28)22-10-12-25-24-11-8-21(15-29(24)43-30(25)17-22)16-31-34(41)37(19-33(39)40)35(44-31)32(45-42)18-36-2;/h4-8,10-12,15-17,20,26,28,42H,3,9,13-14,18-19H2,1-2H3,(H,39,40);/q-1;+2/p-1/b31-16-,35-32+;. The summed E-state index contributed by atoms with van der Waals surface area (Å²) in [6.45, 7) is 2.25. The number of carboxylic acids is 1. The van der Waals surface area contributed by atoms with E-state index in [0.717, 1.165) is 27.0 Å². The maximum Gasteiger partial charge on any atom is 2.00 e. The van der Waals surface area contributed by atoms with E-state index in [-0.39, 0.29) is 26.6 Å². The van der Waals surface area contributed by atoms with Crippen molar-refractivity contribution < 1.29 is 31.0 Å². The molecule has 0 amide bonds. The van der Waals surface area contributed by atoms with Crippen molar-refractivity contribution in [1.29, 1.82) is 0 Å². The van der Waals surface area contributed by atoms with Crippen LogP contribution in [0.2, 0.25) is 0 Å². The largest absolute Gasteiger partial charge is 2.00 e. The second-order valence-corrected chi connectivity index (χ2v) is 15.2. The predicted molar refractivity (Wildman–Crippen MR) is 194 cm³/mol. The van der Waals surface area contributed by atoms with Crippen LogP contribution in [0, 0.1) is 5.92 Å². The number of benzene rings is 3. The number of hydrogen-bond donors (Lipinski definition) is 1. The Morgan fingerprint density at radius 2 is 1.85 bits per heavy atom. The first-order valence-corrected chi connectivity index (χ1v) is 18.6. The molecule has 2 aromatic heterocycles. The SMILES string of the molecule is CCC1CCC2C(C1)c1ccccc1N2c1ccc2c(c1)sc1cc(/C=c3\s/c(=C(\C[N-]C)S[S-])n(CC(=O)O)c3=O)ccc12.[W+2]. The van der Waals surface area contributed by atoms with Gasteiger partial charge in [0.05, 0.1) is 4.53 Å². The summed E-state index contributed by atoms with van der Waals surface area (Å²) in [6.07, 6.45) is 6.89. The van der Waals surface area contributed by atoms with Gasteiger partial charge in [0.2, 0.25) is 0 Å². The number of aliphatic carboxylic acids is 1. The van der Waals surface area contributed by atoms with Gasteiger partial charge < -0.3 is 27.0 Å². The molecule has 11 heteroatoms. The number of carboxylic acid groups (broad SMARTS) is 1. The van der Waals surface area contributed by atoms with Crippen LogP contribution in [-0.4, -0.2) is 35.3 Å². The number of thiophene rings is 1. The summed E-state index contributed by atoms with van der Waals surface area (Å²) in [4.78, 5) is 28.2. The van der Waals surface area contributed by atoms with Gasteiger partial charge in [-0.2, -0.15) is 7.05 Å². The predicted octanol–water partition coefficient (Wildman–Crippen LogP) is 7.31. The molecule has 3 aromatic carbocycles. The van der Waals surface area contributed by atoms with Gasteiger partial charge >= 0.3 is 27.0 Å². The van der Waals surface area contributed by atoms with Crippen molar-refractivity contribution >= 4 is 93.6 Å². The van der Waals surface area contributed by atoms with Crippen molar-refractivity contribution in [3.63, 3.8) is 0 Å². The normalized spacial score (nSPS) is 20.1. The Balaban J connectivity index is 0.00000372. The molecule has 6 nitrogen and oxygen atoms in total. The van der Waals surface area contributed by atoms with Crippen LogP contribution in [-0.2, 0) is 44.1 Å². The van der Waals surface area contributed by atoms with E-state index in [0.29, 0.717) is 32.6 Å². The van der Waals surface area contributed by atoms with Crippen molar-refractivity contribution in [3.05, 3.63) is 96.7 Å². The van der Waals surface area contributed by atoms with Crippen molar-refractivity contribution in [1.82, 2.24) is 4.57 Å². The van der Waals surface area contributed by atoms with Gasteiger partial charge in [0.15, 0.2) is 0 Å². The first-order valence-electron chi connectivity index (χ1n) is 15.3. The molecule has 7 rings (SSSR count). The topological polar surface area (TPSA) is 76.6 Å². The molecule has 3 atom stereocenters. The maximum atomic E-state index is 13.3. The van der Waals surface area contributed by atoms with Gasteiger partial charge in [0, 0.05) is 43.5 Å². The first kappa shape index (κ1) is 33.6. The van der Waals surface area contributed by atoms with Gasteiger partial charge in [-0.25, -0.2) is 0 Å². The van der Waals surface area contributed by atoms with Gasteiger partial charge in [0.1, 0.15) is 11.2 Å². The third-order valence-corrected chi connectivity index (χ3v) is 12.9. The van der Waals surface area contributed by atoms with Crippen LogP contribution < -0.4 is 19.7 Å². The van der Waals surface area contributed by atoms with E-state index in [1.54, 1.807) is 18.4 Å². The average Bonchev–Trinajstić information content (AvgIpc) is 3.68.